The molecule has 6 aromatic rings. The van der Waals surface area contributed by atoms with Crippen LogP contribution in [0, 0.1) is 0 Å². The van der Waals surface area contributed by atoms with Gasteiger partial charge in [0.1, 0.15) is 5.01 Å². The van der Waals surface area contributed by atoms with E-state index in [0.29, 0.717) is 5.75 Å². The van der Waals surface area contributed by atoms with Gasteiger partial charge in [-0.2, -0.15) is 0 Å². The van der Waals surface area contributed by atoms with E-state index in [9.17, 15) is 0 Å². The minimum absolute atomic E-state index is 0.265. The summed E-state index contributed by atoms with van der Waals surface area (Å²) in [6.45, 7) is 0.265. The van der Waals surface area contributed by atoms with Gasteiger partial charge in [0.25, 0.3) is 0 Å². The highest BCUT2D eigenvalue weighted by Gasteiger charge is 2.18. The van der Waals surface area contributed by atoms with Crippen LogP contribution in [0.5, 0.6) is 11.5 Å². The Morgan fingerprint density at radius 2 is 1.71 bits per heavy atom. The van der Waals surface area contributed by atoms with Crippen LogP contribution < -0.4 is 9.47 Å². The zero-order chi connectivity index (χ0) is 25.5. The van der Waals surface area contributed by atoms with E-state index in [-0.39, 0.29) is 6.79 Å². The van der Waals surface area contributed by atoms with Gasteiger partial charge in [0.05, 0.1) is 16.9 Å². The summed E-state index contributed by atoms with van der Waals surface area (Å²) in [5.74, 6) is 3.04. The monoisotopic (exact) mass is 535 g/mol. The average molecular weight is 536 g/mol. The number of pyridine rings is 1. The van der Waals surface area contributed by atoms with Crippen LogP contribution in [0.4, 0.5) is 0 Å². The summed E-state index contributed by atoms with van der Waals surface area (Å²) >= 11 is 3.24. The first-order valence-corrected chi connectivity index (χ1v) is 13.9. The maximum absolute atomic E-state index is 5.51. The predicted octanol–water partition coefficient (Wildman–Crippen LogP) is 6.84. The zero-order valence-electron chi connectivity index (χ0n) is 20.4. The van der Waals surface area contributed by atoms with Gasteiger partial charge < -0.3 is 14.0 Å². The Hall–Kier alpha value is -4.21. The van der Waals surface area contributed by atoms with Gasteiger partial charge in [-0.25, -0.2) is 9.97 Å². The Labute approximate surface area is 227 Å². The van der Waals surface area contributed by atoms with E-state index in [1.54, 1.807) is 23.1 Å². The number of ether oxygens (including phenoxy) is 2. The number of para-hydroxylation sites is 1. The normalized spacial score (nSPS) is 12.3. The number of fused-ring (bicyclic) bond motifs is 2. The zero-order valence-corrected chi connectivity index (χ0v) is 22.0. The van der Waals surface area contributed by atoms with Gasteiger partial charge in [0, 0.05) is 40.3 Å². The number of thioether (sulfide) groups is 1. The molecule has 186 valence electrons. The van der Waals surface area contributed by atoms with Crippen molar-refractivity contribution in [2.45, 2.75) is 10.9 Å². The Balaban J connectivity index is 1.16. The molecule has 38 heavy (non-hydrogen) atoms. The smallest absolute Gasteiger partial charge is 0.231 e. The lowest BCUT2D eigenvalue weighted by atomic mass is 10.0. The van der Waals surface area contributed by atoms with Crippen LogP contribution in [0.25, 0.3) is 44.1 Å². The fourth-order valence-corrected chi connectivity index (χ4v) is 6.19. The van der Waals surface area contributed by atoms with Crippen LogP contribution in [-0.2, 0) is 12.8 Å². The molecule has 0 bridgehead atoms. The molecule has 4 heterocycles. The Morgan fingerprint density at radius 1 is 0.868 bits per heavy atom. The molecule has 0 amide bonds. The van der Waals surface area contributed by atoms with Crippen LogP contribution in [-0.4, -0.2) is 31.5 Å². The number of hydrogen-bond donors (Lipinski definition) is 0. The largest absolute Gasteiger partial charge is 0.454 e. The summed E-state index contributed by atoms with van der Waals surface area (Å²) < 4.78 is 13.0. The van der Waals surface area contributed by atoms with Crippen molar-refractivity contribution in [3.63, 3.8) is 0 Å². The molecular weight excluding hydrogens is 514 g/mol. The highest BCUT2D eigenvalue weighted by atomic mass is 32.2. The van der Waals surface area contributed by atoms with Crippen LogP contribution in [0.15, 0.2) is 89.4 Å². The highest BCUT2D eigenvalue weighted by Crippen LogP contribution is 2.37. The molecule has 1 aliphatic heterocycles. The second-order valence-electron chi connectivity index (χ2n) is 8.80. The molecular formula is C29H21N5O2S2. The van der Waals surface area contributed by atoms with Crippen molar-refractivity contribution in [1.82, 2.24) is 24.7 Å². The minimum Gasteiger partial charge on any atom is -0.454 e. The van der Waals surface area contributed by atoms with E-state index < -0.39 is 0 Å². The van der Waals surface area contributed by atoms with E-state index in [4.69, 9.17) is 19.4 Å². The number of aromatic nitrogens is 5. The summed E-state index contributed by atoms with van der Waals surface area (Å²) in [4.78, 5) is 9.74. The van der Waals surface area contributed by atoms with Crippen molar-refractivity contribution in [1.29, 1.82) is 0 Å². The third-order valence-corrected chi connectivity index (χ3v) is 8.38. The van der Waals surface area contributed by atoms with Crippen molar-refractivity contribution in [3.05, 3.63) is 89.9 Å². The first-order chi connectivity index (χ1) is 18.7. The lowest BCUT2D eigenvalue weighted by Gasteiger charge is -2.10. The molecule has 7 rings (SSSR count). The maximum Gasteiger partial charge on any atom is 0.231 e. The molecule has 3 aromatic carbocycles. The van der Waals surface area contributed by atoms with Gasteiger partial charge in [0.15, 0.2) is 22.5 Å². The van der Waals surface area contributed by atoms with Crippen molar-refractivity contribution in [3.8, 4) is 44.7 Å². The first kappa shape index (κ1) is 22.9. The Kier molecular flexibility index (Phi) is 5.79. The third-order valence-electron chi connectivity index (χ3n) is 6.38. The van der Waals surface area contributed by atoms with E-state index in [1.807, 2.05) is 66.2 Å². The second-order valence-corrected chi connectivity index (χ2v) is 10.6. The molecule has 0 N–H and O–H groups in total. The van der Waals surface area contributed by atoms with Crippen LogP contribution in [0.3, 0.4) is 0 Å². The molecule has 7 nitrogen and oxygen atoms in total. The maximum atomic E-state index is 5.51. The average Bonchev–Trinajstić information content (AvgIpc) is 3.71. The highest BCUT2D eigenvalue weighted by molar-refractivity contribution is 7.98. The number of nitrogens with zero attached hydrogens (tertiary/aromatic N) is 5. The molecule has 0 atom stereocenters. The van der Waals surface area contributed by atoms with Gasteiger partial charge in [-0.3, -0.25) is 0 Å². The summed E-state index contributed by atoms with van der Waals surface area (Å²) in [6, 6.07) is 26.4. The summed E-state index contributed by atoms with van der Waals surface area (Å²) in [7, 11) is 2.01. The van der Waals surface area contributed by atoms with Gasteiger partial charge in [-0.15, -0.1) is 21.5 Å². The molecule has 0 unspecified atom stereocenters. The molecule has 0 saturated heterocycles. The standard InChI is InChI=1S/C29H21N5O2S2/c1-34-27(22-14-24(18-7-3-2-4-8-18)31-23-10-6-5-9-21(22)23)32-33-29(34)38-16-20-15-37-28(30-20)19-11-12-25-26(13-19)36-17-35-25/h2-15H,16-17H2,1H3. The quantitative estimate of drug-likeness (QED) is 0.216. The number of rotatable bonds is 6. The topological polar surface area (TPSA) is 75.0 Å². The summed E-state index contributed by atoms with van der Waals surface area (Å²) in [6.07, 6.45) is 0. The molecule has 0 aliphatic carbocycles. The fourth-order valence-electron chi connectivity index (χ4n) is 4.47. The van der Waals surface area contributed by atoms with Gasteiger partial charge in [-0.05, 0) is 30.3 Å². The minimum atomic E-state index is 0.265. The van der Waals surface area contributed by atoms with Crippen LogP contribution in [0.2, 0.25) is 0 Å². The summed E-state index contributed by atoms with van der Waals surface area (Å²) in [5.41, 5.74) is 5.94. The van der Waals surface area contributed by atoms with E-state index in [0.717, 1.165) is 66.5 Å². The van der Waals surface area contributed by atoms with E-state index >= 15 is 0 Å². The molecule has 0 fully saturated rings. The third kappa shape index (κ3) is 4.19. The fraction of sp³-hybridized carbons (Fsp3) is 0.103. The Bertz CT molecular complexity index is 1780. The van der Waals surface area contributed by atoms with E-state index in [1.165, 1.54) is 0 Å². The molecule has 0 radical (unpaired) electrons. The molecule has 3 aromatic heterocycles. The SMILES string of the molecule is Cn1c(SCc2csc(-c3ccc4c(c3)OCO4)n2)nnc1-c1cc(-c2ccccc2)nc2ccccc12. The Morgan fingerprint density at radius 3 is 2.63 bits per heavy atom. The van der Waals surface area contributed by atoms with Gasteiger partial charge in [0.2, 0.25) is 6.79 Å². The van der Waals surface area contributed by atoms with Crippen molar-refractivity contribution >= 4 is 34.0 Å². The van der Waals surface area contributed by atoms with E-state index in [2.05, 4.69) is 39.8 Å². The lowest BCUT2D eigenvalue weighted by Crippen LogP contribution is -1.97. The number of hydrogen-bond acceptors (Lipinski definition) is 8. The second kappa shape index (κ2) is 9.59. The number of thiazole rings is 1. The van der Waals surface area contributed by atoms with Crippen molar-refractivity contribution in [2.24, 2.45) is 7.05 Å². The van der Waals surface area contributed by atoms with Crippen LogP contribution >= 0.6 is 23.1 Å². The summed E-state index contributed by atoms with van der Waals surface area (Å²) in [5, 5.41) is 14.0. The van der Waals surface area contributed by atoms with Gasteiger partial charge >= 0.3 is 0 Å². The van der Waals surface area contributed by atoms with Gasteiger partial charge in [-0.1, -0.05) is 60.3 Å². The van der Waals surface area contributed by atoms with Crippen molar-refractivity contribution < 1.29 is 9.47 Å². The van der Waals surface area contributed by atoms with Crippen LogP contribution in [0.1, 0.15) is 5.69 Å². The molecule has 9 heteroatoms. The molecule has 0 saturated carbocycles. The van der Waals surface area contributed by atoms with Crippen molar-refractivity contribution in [2.75, 3.05) is 6.79 Å². The first-order valence-electron chi connectivity index (χ1n) is 12.0. The molecule has 0 spiro atoms. The lowest BCUT2D eigenvalue weighted by molar-refractivity contribution is 0.174. The molecule has 1 aliphatic rings. The number of benzene rings is 3. The predicted molar refractivity (Wildman–Crippen MR) is 150 cm³/mol.